The summed E-state index contributed by atoms with van der Waals surface area (Å²) in [5.74, 6) is -4.04. The monoisotopic (exact) mass is 613 g/mol. The number of amides is 1. The van der Waals surface area contributed by atoms with Crippen molar-refractivity contribution in [3.63, 3.8) is 0 Å². The minimum Gasteiger partial charge on any atom is -0.456 e. The lowest BCUT2D eigenvalue weighted by Gasteiger charge is -2.29. The lowest BCUT2D eigenvalue weighted by Crippen LogP contribution is -2.33. The molecule has 2 unspecified atom stereocenters. The van der Waals surface area contributed by atoms with Gasteiger partial charge in [0.05, 0.1) is 22.7 Å². The molecule has 0 aromatic heterocycles. The molecule has 0 bridgehead atoms. The number of alkyl halides is 6. The summed E-state index contributed by atoms with van der Waals surface area (Å²) in [6.07, 6.45) is -8.76. The SMILES string of the molecule is CCCC(c1ccc(C(=O)OC(C)(C)C)cc1)C(NC(=O)c1ccc(C(F)(F)F)cc1F)c1ccc(OC(F)(F)F)cc1. The molecule has 232 valence electrons. The summed E-state index contributed by atoms with van der Waals surface area (Å²) in [6.45, 7) is 7.01. The fourth-order valence-corrected chi connectivity index (χ4v) is 4.43. The first-order valence-electron chi connectivity index (χ1n) is 13.2. The van der Waals surface area contributed by atoms with E-state index in [4.69, 9.17) is 4.74 Å². The highest BCUT2D eigenvalue weighted by atomic mass is 19.4. The van der Waals surface area contributed by atoms with Gasteiger partial charge in [0.1, 0.15) is 17.2 Å². The van der Waals surface area contributed by atoms with E-state index in [-0.39, 0.29) is 11.6 Å². The van der Waals surface area contributed by atoms with Gasteiger partial charge < -0.3 is 14.8 Å². The molecule has 0 aliphatic rings. The Morgan fingerprint density at radius 2 is 1.42 bits per heavy atom. The number of halogens is 7. The summed E-state index contributed by atoms with van der Waals surface area (Å²) in [5, 5.41) is 2.65. The Morgan fingerprint density at radius 3 is 1.91 bits per heavy atom. The van der Waals surface area contributed by atoms with Crippen LogP contribution in [0.15, 0.2) is 66.7 Å². The van der Waals surface area contributed by atoms with E-state index < -0.39 is 64.7 Å². The van der Waals surface area contributed by atoms with Gasteiger partial charge in [-0.25, -0.2) is 9.18 Å². The molecule has 0 spiro atoms. The van der Waals surface area contributed by atoms with Gasteiger partial charge >= 0.3 is 18.5 Å². The summed E-state index contributed by atoms with van der Waals surface area (Å²) < 4.78 is 101. The van der Waals surface area contributed by atoms with Crippen LogP contribution in [0, 0.1) is 5.82 Å². The Bertz CT molecular complexity index is 1410. The van der Waals surface area contributed by atoms with E-state index in [9.17, 15) is 40.3 Å². The number of rotatable bonds is 9. The third-order valence-electron chi connectivity index (χ3n) is 6.28. The van der Waals surface area contributed by atoms with Crippen LogP contribution in [-0.4, -0.2) is 23.8 Å². The van der Waals surface area contributed by atoms with E-state index in [1.807, 2.05) is 6.92 Å². The van der Waals surface area contributed by atoms with Crippen molar-refractivity contribution in [2.75, 3.05) is 0 Å². The van der Waals surface area contributed by atoms with Gasteiger partial charge in [-0.15, -0.1) is 13.2 Å². The number of esters is 1. The smallest absolute Gasteiger partial charge is 0.456 e. The first-order valence-corrected chi connectivity index (χ1v) is 13.2. The third kappa shape index (κ3) is 9.45. The number of nitrogens with one attached hydrogen (secondary N) is 1. The molecule has 2 atom stereocenters. The molecule has 0 radical (unpaired) electrons. The van der Waals surface area contributed by atoms with Crippen molar-refractivity contribution in [1.82, 2.24) is 5.32 Å². The number of benzene rings is 3. The van der Waals surface area contributed by atoms with Crippen LogP contribution in [0.4, 0.5) is 30.7 Å². The van der Waals surface area contributed by atoms with Crippen LogP contribution >= 0.6 is 0 Å². The Kier molecular flexibility index (Phi) is 10.1. The summed E-state index contributed by atoms with van der Waals surface area (Å²) >= 11 is 0. The van der Waals surface area contributed by atoms with Gasteiger partial charge in [-0.3, -0.25) is 4.79 Å². The molecule has 5 nitrogen and oxygen atoms in total. The van der Waals surface area contributed by atoms with Crippen molar-refractivity contribution < 1.29 is 49.8 Å². The van der Waals surface area contributed by atoms with Crippen molar-refractivity contribution in [3.8, 4) is 5.75 Å². The van der Waals surface area contributed by atoms with Crippen LogP contribution < -0.4 is 10.1 Å². The summed E-state index contributed by atoms with van der Waals surface area (Å²) in [6, 6.07) is 11.6. The topological polar surface area (TPSA) is 64.6 Å². The molecule has 43 heavy (non-hydrogen) atoms. The second-order valence-corrected chi connectivity index (χ2v) is 10.8. The molecule has 1 N–H and O–H groups in total. The lowest BCUT2D eigenvalue weighted by molar-refractivity contribution is -0.274. The van der Waals surface area contributed by atoms with Gasteiger partial charge in [-0.05, 0) is 80.8 Å². The zero-order valence-corrected chi connectivity index (χ0v) is 23.7. The second kappa shape index (κ2) is 13.0. The molecular weight excluding hydrogens is 583 g/mol. The highest BCUT2D eigenvalue weighted by Crippen LogP contribution is 2.37. The molecule has 3 aromatic carbocycles. The van der Waals surface area contributed by atoms with Crippen LogP contribution in [0.1, 0.15) is 89.9 Å². The van der Waals surface area contributed by atoms with E-state index in [1.165, 1.54) is 24.3 Å². The van der Waals surface area contributed by atoms with E-state index in [0.29, 0.717) is 30.0 Å². The van der Waals surface area contributed by atoms with Crippen LogP contribution in [0.3, 0.4) is 0 Å². The fraction of sp³-hybridized carbons (Fsp3) is 0.355. The standard InChI is InChI=1S/C31H30F7NO4/c1-5-6-23(18-7-9-20(10-8-18)28(41)43-29(2,3)4)26(19-11-14-22(15-12-19)42-31(36,37)38)39-27(40)24-16-13-21(17-25(24)32)30(33,34)35/h7-17,23,26H,5-6H2,1-4H3,(H,39,40). The lowest BCUT2D eigenvalue weighted by atomic mass is 9.83. The molecule has 3 rings (SSSR count). The number of hydrogen-bond donors (Lipinski definition) is 1. The van der Waals surface area contributed by atoms with Crippen molar-refractivity contribution in [1.29, 1.82) is 0 Å². The maximum absolute atomic E-state index is 14.7. The largest absolute Gasteiger partial charge is 0.573 e. The number of carbonyl (C=O) groups is 2. The molecule has 0 saturated carbocycles. The fourth-order valence-electron chi connectivity index (χ4n) is 4.43. The Morgan fingerprint density at radius 1 is 0.837 bits per heavy atom. The minimum atomic E-state index is -4.93. The van der Waals surface area contributed by atoms with Gasteiger partial charge in [0.2, 0.25) is 0 Å². The summed E-state index contributed by atoms with van der Waals surface area (Å²) in [4.78, 5) is 25.7. The molecule has 0 aliphatic carbocycles. The van der Waals surface area contributed by atoms with E-state index in [1.54, 1.807) is 32.9 Å². The van der Waals surface area contributed by atoms with Crippen LogP contribution in [0.25, 0.3) is 0 Å². The Balaban J connectivity index is 2.02. The first kappa shape index (κ1) is 33.4. The van der Waals surface area contributed by atoms with Gasteiger partial charge in [0, 0.05) is 5.92 Å². The van der Waals surface area contributed by atoms with Gasteiger partial charge in [-0.1, -0.05) is 37.6 Å². The quantitative estimate of drug-likeness (QED) is 0.194. The molecule has 0 heterocycles. The minimum absolute atomic E-state index is 0.214. The molecule has 0 fully saturated rings. The van der Waals surface area contributed by atoms with Crippen LogP contribution in [-0.2, 0) is 10.9 Å². The second-order valence-electron chi connectivity index (χ2n) is 10.8. The highest BCUT2D eigenvalue weighted by molar-refractivity contribution is 5.95. The molecule has 12 heteroatoms. The van der Waals surface area contributed by atoms with Crippen molar-refractivity contribution in [2.24, 2.45) is 0 Å². The highest BCUT2D eigenvalue weighted by Gasteiger charge is 2.34. The average Bonchev–Trinajstić information content (AvgIpc) is 2.89. The third-order valence-corrected chi connectivity index (χ3v) is 6.28. The van der Waals surface area contributed by atoms with E-state index >= 15 is 0 Å². The maximum atomic E-state index is 14.7. The van der Waals surface area contributed by atoms with Gasteiger partial charge in [0.25, 0.3) is 5.91 Å². The van der Waals surface area contributed by atoms with E-state index in [0.717, 1.165) is 18.2 Å². The Hall–Kier alpha value is -4.09. The zero-order valence-electron chi connectivity index (χ0n) is 23.7. The number of ether oxygens (including phenoxy) is 2. The van der Waals surface area contributed by atoms with Crippen molar-refractivity contribution in [3.05, 3.63) is 100 Å². The predicted octanol–water partition coefficient (Wildman–Crippen LogP) is 8.75. The van der Waals surface area contributed by atoms with Crippen LogP contribution in [0.5, 0.6) is 5.75 Å². The maximum Gasteiger partial charge on any atom is 0.573 e. The normalized spacial score (nSPS) is 13.7. The Labute approximate surface area is 244 Å². The molecule has 3 aromatic rings. The summed E-state index contributed by atoms with van der Waals surface area (Å²) in [7, 11) is 0. The molecule has 0 saturated heterocycles. The molecular formula is C31H30F7NO4. The van der Waals surface area contributed by atoms with Gasteiger partial charge in [0.15, 0.2) is 0 Å². The average molecular weight is 614 g/mol. The predicted molar refractivity (Wildman–Crippen MR) is 144 cm³/mol. The van der Waals surface area contributed by atoms with Crippen molar-refractivity contribution >= 4 is 11.9 Å². The molecule has 1 amide bonds. The number of carbonyl (C=O) groups excluding carboxylic acids is 2. The van der Waals surface area contributed by atoms with Gasteiger partial charge in [-0.2, -0.15) is 13.2 Å². The van der Waals surface area contributed by atoms with Crippen molar-refractivity contribution in [2.45, 2.75) is 70.6 Å². The molecule has 0 aliphatic heterocycles. The number of hydrogen-bond acceptors (Lipinski definition) is 4. The first-order chi connectivity index (χ1) is 19.9. The van der Waals surface area contributed by atoms with E-state index in [2.05, 4.69) is 10.1 Å². The van der Waals surface area contributed by atoms with Crippen LogP contribution in [0.2, 0.25) is 0 Å². The summed E-state index contributed by atoms with van der Waals surface area (Å²) in [5.41, 5.74) is -1.44. The zero-order chi connectivity index (χ0) is 32.2.